The highest BCUT2D eigenvalue weighted by Crippen LogP contribution is 2.15. The van der Waals surface area contributed by atoms with Crippen LogP contribution in [-0.2, 0) is 11.3 Å². The molecule has 0 heterocycles. The normalized spacial score (nSPS) is 25.5. The molecule has 0 saturated heterocycles. The molecule has 74 valence electrons. The highest BCUT2D eigenvalue weighted by molar-refractivity contribution is 5.14. The lowest BCUT2D eigenvalue weighted by atomic mass is 10.2. The zero-order valence-corrected chi connectivity index (χ0v) is 7.97. The Bertz CT molecular complexity index is 305. The lowest BCUT2D eigenvalue weighted by molar-refractivity contribution is 0.0528. The average molecular weight is 190 g/mol. The fraction of sp³-hybridized carbons (Fsp3) is 0.333. The Balaban J connectivity index is 1.81. The fourth-order valence-electron chi connectivity index (χ4n) is 1.55. The lowest BCUT2D eigenvalue weighted by Gasteiger charge is -2.10. The Labute approximate surface area is 83.8 Å². The molecular formula is C12H14O2. The van der Waals surface area contributed by atoms with Gasteiger partial charge < -0.3 is 9.84 Å². The summed E-state index contributed by atoms with van der Waals surface area (Å²) in [7, 11) is 0. The summed E-state index contributed by atoms with van der Waals surface area (Å²) in [6.45, 7) is 0.614. The van der Waals surface area contributed by atoms with E-state index in [1.54, 1.807) is 6.08 Å². The number of ether oxygens (including phenoxy) is 1. The van der Waals surface area contributed by atoms with Crippen LogP contribution < -0.4 is 0 Å². The molecule has 0 saturated carbocycles. The van der Waals surface area contributed by atoms with Crippen molar-refractivity contribution in [3.05, 3.63) is 48.0 Å². The maximum atomic E-state index is 9.23. The first-order chi connectivity index (χ1) is 6.84. The van der Waals surface area contributed by atoms with E-state index >= 15 is 0 Å². The van der Waals surface area contributed by atoms with E-state index in [9.17, 15) is 5.11 Å². The predicted molar refractivity (Wildman–Crippen MR) is 54.8 cm³/mol. The van der Waals surface area contributed by atoms with Crippen LogP contribution >= 0.6 is 0 Å². The van der Waals surface area contributed by atoms with Gasteiger partial charge in [0.2, 0.25) is 0 Å². The highest BCUT2D eigenvalue weighted by Gasteiger charge is 2.16. The van der Waals surface area contributed by atoms with Gasteiger partial charge in [-0.2, -0.15) is 0 Å². The molecule has 0 radical (unpaired) electrons. The smallest absolute Gasteiger partial charge is 0.0789 e. The van der Waals surface area contributed by atoms with Gasteiger partial charge in [-0.3, -0.25) is 0 Å². The average Bonchev–Trinajstić information content (AvgIpc) is 2.63. The number of hydrogen-bond donors (Lipinski definition) is 1. The molecule has 0 aromatic heterocycles. The zero-order chi connectivity index (χ0) is 9.80. The van der Waals surface area contributed by atoms with Gasteiger partial charge in [-0.25, -0.2) is 0 Å². The molecule has 0 amide bonds. The molecule has 2 rings (SSSR count). The maximum absolute atomic E-state index is 9.23. The molecule has 1 N–H and O–H groups in total. The summed E-state index contributed by atoms with van der Waals surface area (Å²) in [6, 6.07) is 10.1. The largest absolute Gasteiger partial charge is 0.389 e. The second kappa shape index (κ2) is 4.40. The van der Waals surface area contributed by atoms with Gasteiger partial charge in [0, 0.05) is 6.42 Å². The van der Waals surface area contributed by atoms with Gasteiger partial charge in [-0.05, 0) is 5.56 Å². The molecule has 1 aromatic carbocycles. The summed E-state index contributed by atoms with van der Waals surface area (Å²) in [6.07, 6.45) is 4.15. The van der Waals surface area contributed by atoms with Crippen molar-refractivity contribution in [3.8, 4) is 0 Å². The van der Waals surface area contributed by atoms with Crippen molar-refractivity contribution >= 4 is 0 Å². The third kappa shape index (κ3) is 2.44. The number of benzene rings is 1. The third-order valence-corrected chi connectivity index (χ3v) is 2.33. The summed E-state index contributed by atoms with van der Waals surface area (Å²) in [5.74, 6) is 0. The van der Waals surface area contributed by atoms with Gasteiger partial charge >= 0.3 is 0 Å². The fourth-order valence-corrected chi connectivity index (χ4v) is 1.55. The van der Waals surface area contributed by atoms with Crippen LogP contribution in [0.3, 0.4) is 0 Å². The molecule has 2 atom stereocenters. The van der Waals surface area contributed by atoms with Gasteiger partial charge in [0.15, 0.2) is 0 Å². The number of aliphatic hydroxyl groups excluding tert-OH is 1. The van der Waals surface area contributed by atoms with Crippen molar-refractivity contribution in [1.29, 1.82) is 0 Å². The van der Waals surface area contributed by atoms with E-state index < -0.39 is 0 Å². The Morgan fingerprint density at radius 1 is 1.21 bits per heavy atom. The Kier molecular flexibility index (Phi) is 2.96. The summed E-state index contributed by atoms with van der Waals surface area (Å²) >= 11 is 0. The van der Waals surface area contributed by atoms with Crippen LogP contribution in [-0.4, -0.2) is 17.3 Å². The summed E-state index contributed by atoms with van der Waals surface area (Å²) in [5.41, 5.74) is 1.17. The van der Waals surface area contributed by atoms with Crippen LogP contribution in [0.5, 0.6) is 0 Å². The second-order valence-corrected chi connectivity index (χ2v) is 3.52. The van der Waals surface area contributed by atoms with Crippen molar-refractivity contribution < 1.29 is 9.84 Å². The van der Waals surface area contributed by atoms with Crippen LogP contribution in [0, 0.1) is 0 Å². The van der Waals surface area contributed by atoms with E-state index in [0.29, 0.717) is 13.0 Å². The molecule has 14 heavy (non-hydrogen) atoms. The van der Waals surface area contributed by atoms with Crippen molar-refractivity contribution in [2.75, 3.05) is 0 Å². The molecule has 2 nitrogen and oxygen atoms in total. The van der Waals surface area contributed by atoms with E-state index in [-0.39, 0.29) is 12.2 Å². The van der Waals surface area contributed by atoms with E-state index in [1.807, 2.05) is 36.4 Å². The monoisotopic (exact) mass is 190 g/mol. The standard InChI is InChI=1S/C12H14O2/c13-11-6-7-12(8-11)14-9-10-4-2-1-3-5-10/h1-7,11-13H,8-9H2/t11-,12-/m0/s1. The SMILES string of the molecule is O[C@H]1C=C[C@H](OCc2ccccc2)C1. The minimum atomic E-state index is -0.323. The quantitative estimate of drug-likeness (QED) is 0.737. The second-order valence-electron chi connectivity index (χ2n) is 3.52. The minimum absolute atomic E-state index is 0.0743. The molecule has 0 aliphatic heterocycles. The molecule has 1 aliphatic rings. The first-order valence-electron chi connectivity index (χ1n) is 4.86. The van der Waals surface area contributed by atoms with Crippen molar-refractivity contribution in [2.24, 2.45) is 0 Å². The first kappa shape index (κ1) is 9.44. The molecule has 0 unspecified atom stereocenters. The van der Waals surface area contributed by atoms with E-state index in [0.717, 1.165) is 0 Å². The molecular weight excluding hydrogens is 176 g/mol. The van der Waals surface area contributed by atoms with Gasteiger partial charge in [-0.15, -0.1) is 0 Å². The highest BCUT2D eigenvalue weighted by atomic mass is 16.5. The zero-order valence-electron chi connectivity index (χ0n) is 7.97. The van der Waals surface area contributed by atoms with Gasteiger partial charge in [0.1, 0.15) is 0 Å². The van der Waals surface area contributed by atoms with Crippen LogP contribution in [0.25, 0.3) is 0 Å². The molecule has 0 bridgehead atoms. The molecule has 0 fully saturated rings. The summed E-state index contributed by atoms with van der Waals surface area (Å²) in [4.78, 5) is 0. The Morgan fingerprint density at radius 2 is 2.00 bits per heavy atom. The topological polar surface area (TPSA) is 29.5 Å². The van der Waals surface area contributed by atoms with Crippen molar-refractivity contribution in [3.63, 3.8) is 0 Å². The van der Waals surface area contributed by atoms with Crippen molar-refractivity contribution in [1.82, 2.24) is 0 Å². The van der Waals surface area contributed by atoms with Gasteiger partial charge in [0.25, 0.3) is 0 Å². The lowest BCUT2D eigenvalue weighted by Crippen LogP contribution is -2.10. The Hall–Kier alpha value is -1.12. The predicted octanol–water partition coefficient (Wildman–Crippen LogP) is 1.89. The first-order valence-corrected chi connectivity index (χ1v) is 4.86. The van der Waals surface area contributed by atoms with Gasteiger partial charge in [-0.1, -0.05) is 42.5 Å². The van der Waals surface area contributed by atoms with Crippen LogP contribution in [0.2, 0.25) is 0 Å². The maximum Gasteiger partial charge on any atom is 0.0789 e. The van der Waals surface area contributed by atoms with Crippen LogP contribution in [0.4, 0.5) is 0 Å². The summed E-state index contributed by atoms with van der Waals surface area (Å²) < 4.78 is 5.61. The van der Waals surface area contributed by atoms with E-state index in [1.165, 1.54) is 5.56 Å². The molecule has 1 aromatic rings. The van der Waals surface area contributed by atoms with E-state index in [4.69, 9.17) is 4.74 Å². The third-order valence-electron chi connectivity index (χ3n) is 2.33. The van der Waals surface area contributed by atoms with Gasteiger partial charge in [0.05, 0.1) is 18.8 Å². The molecule has 0 spiro atoms. The molecule has 2 heteroatoms. The number of rotatable bonds is 3. The molecule has 1 aliphatic carbocycles. The van der Waals surface area contributed by atoms with Crippen molar-refractivity contribution in [2.45, 2.75) is 25.2 Å². The van der Waals surface area contributed by atoms with Crippen LogP contribution in [0.15, 0.2) is 42.5 Å². The van der Waals surface area contributed by atoms with Crippen LogP contribution in [0.1, 0.15) is 12.0 Å². The minimum Gasteiger partial charge on any atom is -0.389 e. The number of aliphatic hydroxyl groups is 1. The van der Waals surface area contributed by atoms with E-state index in [2.05, 4.69) is 0 Å². The number of hydrogen-bond acceptors (Lipinski definition) is 2. The summed E-state index contributed by atoms with van der Waals surface area (Å²) in [5, 5.41) is 9.23. The Morgan fingerprint density at radius 3 is 2.64 bits per heavy atom.